The molecular weight excluding hydrogens is 471 g/mol. The average Bonchev–Trinajstić information content (AvgIpc) is 2.67. The van der Waals surface area contributed by atoms with Crippen LogP contribution in [0.3, 0.4) is 0 Å². The Morgan fingerprint density at radius 3 is 2.50 bits per heavy atom. The van der Waals surface area contributed by atoms with Crippen molar-refractivity contribution in [1.82, 2.24) is 15.5 Å². The van der Waals surface area contributed by atoms with E-state index in [1.54, 1.807) is 7.05 Å². The number of likely N-dealkylation sites (tertiary alicyclic amines) is 1. The van der Waals surface area contributed by atoms with Crippen molar-refractivity contribution in [2.45, 2.75) is 32.8 Å². The minimum Gasteiger partial charge on any atom is -0.376 e. The van der Waals surface area contributed by atoms with E-state index >= 15 is 0 Å². The molecule has 1 unspecified atom stereocenters. The quantitative estimate of drug-likeness (QED) is 0.234. The summed E-state index contributed by atoms with van der Waals surface area (Å²) >= 11 is 0. The normalized spacial score (nSPS) is 15.8. The summed E-state index contributed by atoms with van der Waals surface area (Å²) in [5, 5.41) is 6.40. The van der Waals surface area contributed by atoms with Crippen LogP contribution in [0.2, 0.25) is 0 Å². The summed E-state index contributed by atoms with van der Waals surface area (Å²) in [5.74, 6) is 0.805. The maximum atomic E-state index is 11.8. The molecule has 0 saturated carbocycles. The van der Waals surface area contributed by atoms with Gasteiger partial charge in [0.25, 0.3) is 0 Å². The van der Waals surface area contributed by atoms with Gasteiger partial charge in [-0.15, -0.1) is 24.0 Å². The molecular formula is C20H31IN4O3. The minimum atomic E-state index is -0.0832. The van der Waals surface area contributed by atoms with Gasteiger partial charge in [0.1, 0.15) is 0 Å². The van der Waals surface area contributed by atoms with Crippen molar-refractivity contribution in [1.29, 1.82) is 0 Å². The lowest BCUT2D eigenvalue weighted by Crippen LogP contribution is -2.47. The van der Waals surface area contributed by atoms with Gasteiger partial charge in [-0.1, -0.05) is 37.3 Å². The summed E-state index contributed by atoms with van der Waals surface area (Å²) in [5.41, 5.74) is 1.16. The second-order valence-corrected chi connectivity index (χ2v) is 6.78. The number of piperidine rings is 1. The molecule has 1 heterocycles. The van der Waals surface area contributed by atoms with Crippen molar-refractivity contribution in [2.24, 2.45) is 10.9 Å². The molecule has 2 rings (SSSR count). The zero-order chi connectivity index (χ0) is 19.5. The van der Waals surface area contributed by atoms with E-state index in [-0.39, 0.29) is 35.8 Å². The lowest BCUT2D eigenvalue weighted by atomic mass is 10.1. The number of guanidine groups is 1. The number of imide groups is 1. The standard InChI is InChI=1S/C20H30N4O3.HI/c1-16(14-27-15-17-7-4-3-5-8-17)13-23-20(21-2)22-11-12-24-18(25)9-6-10-19(24)26;/h3-5,7-8,16H,6,9-15H2,1-2H3,(H2,21,22,23);1H. The van der Waals surface area contributed by atoms with Gasteiger partial charge in [0.05, 0.1) is 13.2 Å². The van der Waals surface area contributed by atoms with Gasteiger partial charge < -0.3 is 15.4 Å². The highest BCUT2D eigenvalue weighted by Crippen LogP contribution is 2.11. The Bertz CT molecular complexity index is 624. The Labute approximate surface area is 184 Å². The van der Waals surface area contributed by atoms with E-state index in [9.17, 15) is 9.59 Å². The van der Waals surface area contributed by atoms with Crippen molar-refractivity contribution in [3.8, 4) is 0 Å². The Hall–Kier alpha value is -1.68. The number of halogens is 1. The van der Waals surface area contributed by atoms with Crippen molar-refractivity contribution in [2.75, 3.05) is 33.3 Å². The molecule has 156 valence electrons. The van der Waals surface area contributed by atoms with E-state index in [0.717, 1.165) is 12.1 Å². The smallest absolute Gasteiger partial charge is 0.229 e. The van der Waals surface area contributed by atoms with E-state index in [0.29, 0.717) is 57.4 Å². The second kappa shape index (κ2) is 13.5. The van der Waals surface area contributed by atoms with Crippen LogP contribution in [0.5, 0.6) is 0 Å². The van der Waals surface area contributed by atoms with E-state index < -0.39 is 0 Å². The highest BCUT2D eigenvalue weighted by atomic mass is 127. The van der Waals surface area contributed by atoms with Crippen LogP contribution < -0.4 is 10.6 Å². The monoisotopic (exact) mass is 502 g/mol. The SMILES string of the molecule is CN=C(NCCN1C(=O)CCCC1=O)NCC(C)COCc1ccccc1.I. The lowest BCUT2D eigenvalue weighted by Gasteiger charge is -2.25. The third-order valence-electron chi connectivity index (χ3n) is 4.37. The third kappa shape index (κ3) is 8.55. The highest BCUT2D eigenvalue weighted by Gasteiger charge is 2.25. The summed E-state index contributed by atoms with van der Waals surface area (Å²) in [6.07, 6.45) is 1.58. The van der Waals surface area contributed by atoms with Gasteiger partial charge in [-0.05, 0) is 17.9 Å². The highest BCUT2D eigenvalue weighted by molar-refractivity contribution is 14.0. The van der Waals surface area contributed by atoms with Gasteiger partial charge >= 0.3 is 0 Å². The van der Waals surface area contributed by atoms with Crippen LogP contribution in [0.4, 0.5) is 0 Å². The molecule has 1 atom stereocenters. The molecule has 0 bridgehead atoms. The number of carbonyl (C=O) groups excluding carboxylic acids is 2. The number of rotatable bonds is 9. The minimum absolute atomic E-state index is 0. The van der Waals surface area contributed by atoms with Gasteiger partial charge in [-0.3, -0.25) is 19.5 Å². The fraction of sp³-hybridized carbons (Fsp3) is 0.550. The number of nitrogens with one attached hydrogen (secondary N) is 2. The molecule has 0 spiro atoms. The molecule has 7 nitrogen and oxygen atoms in total. The zero-order valence-electron chi connectivity index (χ0n) is 16.6. The molecule has 8 heteroatoms. The van der Waals surface area contributed by atoms with Crippen LogP contribution in [0.25, 0.3) is 0 Å². The molecule has 1 fully saturated rings. The molecule has 0 radical (unpaired) electrons. The van der Waals surface area contributed by atoms with Crippen molar-refractivity contribution < 1.29 is 14.3 Å². The van der Waals surface area contributed by atoms with Crippen molar-refractivity contribution in [3.05, 3.63) is 35.9 Å². The lowest BCUT2D eigenvalue weighted by molar-refractivity contribution is -0.147. The van der Waals surface area contributed by atoms with Gasteiger partial charge in [-0.25, -0.2) is 0 Å². The maximum absolute atomic E-state index is 11.8. The molecule has 28 heavy (non-hydrogen) atoms. The number of carbonyl (C=O) groups is 2. The molecule has 1 aliphatic rings. The van der Waals surface area contributed by atoms with Crippen LogP contribution in [0.1, 0.15) is 31.7 Å². The second-order valence-electron chi connectivity index (χ2n) is 6.78. The number of amides is 2. The average molecular weight is 502 g/mol. The number of aliphatic imine (C=N–C) groups is 1. The molecule has 2 amide bonds. The first-order valence-corrected chi connectivity index (χ1v) is 9.49. The Balaban J connectivity index is 0.00000392. The van der Waals surface area contributed by atoms with Gasteiger partial charge in [0.15, 0.2) is 5.96 Å². The molecule has 1 aromatic rings. The van der Waals surface area contributed by atoms with Crippen LogP contribution in [-0.2, 0) is 20.9 Å². The fourth-order valence-corrected chi connectivity index (χ4v) is 2.84. The first-order valence-electron chi connectivity index (χ1n) is 9.49. The predicted octanol–water partition coefficient (Wildman–Crippen LogP) is 2.16. The number of benzene rings is 1. The summed E-state index contributed by atoms with van der Waals surface area (Å²) in [7, 11) is 1.70. The molecule has 0 aliphatic carbocycles. The maximum Gasteiger partial charge on any atom is 0.229 e. The number of hydrogen-bond donors (Lipinski definition) is 2. The van der Waals surface area contributed by atoms with Crippen LogP contribution in [-0.4, -0.2) is 56.0 Å². The summed E-state index contributed by atoms with van der Waals surface area (Å²) in [6, 6.07) is 10.1. The number of nitrogens with zero attached hydrogens (tertiary/aromatic N) is 2. The van der Waals surface area contributed by atoms with Gasteiger partial charge in [0, 0.05) is 39.5 Å². The number of hydrogen-bond acceptors (Lipinski definition) is 4. The number of ether oxygens (including phenoxy) is 1. The Morgan fingerprint density at radius 1 is 1.18 bits per heavy atom. The molecule has 1 saturated heterocycles. The summed E-state index contributed by atoms with van der Waals surface area (Å²) in [6.45, 7) is 4.93. The van der Waals surface area contributed by atoms with Crippen LogP contribution in [0, 0.1) is 5.92 Å². The van der Waals surface area contributed by atoms with Crippen LogP contribution in [0.15, 0.2) is 35.3 Å². The van der Waals surface area contributed by atoms with E-state index in [1.165, 1.54) is 4.90 Å². The molecule has 0 aromatic heterocycles. The van der Waals surface area contributed by atoms with Crippen molar-refractivity contribution >= 4 is 41.8 Å². The molecule has 1 aliphatic heterocycles. The first-order chi connectivity index (χ1) is 13.1. The summed E-state index contributed by atoms with van der Waals surface area (Å²) in [4.78, 5) is 29.1. The Kier molecular flexibility index (Phi) is 11.7. The summed E-state index contributed by atoms with van der Waals surface area (Å²) < 4.78 is 5.75. The fourth-order valence-electron chi connectivity index (χ4n) is 2.84. The van der Waals surface area contributed by atoms with Crippen molar-refractivity contribution in [3.63, 3.8) is 0 Å². The van der Waals surface area contributed by atoms with Gasteiger partial charge in [0.2, 0.25) is 11.8 Å². The Morgan fingerprint density at radius 2 is 1.86 bits per heavy atom. The zero-order valence-corrected chi connectivity index (χ0v) is 19.0. The van der Waals surface area contributed by atoms with E-state index in [2.05, 4.69) is 22.5 Å². The topological polar surface area (TPSA) is 83.0 Å². The molecule has 2 N–H and O–H groups in total. The van der Waals surface area contributed by atoms with E-state index in [1.807, 2.05) is 30.3 Å². The molecule has 1 aromatic carbocycles. The predicted molar refractivity (Wildman–Crippen MR) is 121 cm³/mol. The van der Waals surface area contributed by atoms with E-state index in [4.69, 9.17) is 4.74 Å². The van der Waals surface area contributed by atoms with Crippen LogP contribution >= 0.6 is 24.0 Å². The first kappa shape index (κ1) is 24.4. The van der Waals surface area contributed by atoms with Gasteiger partial charge in [-0.2, -0.15) is 0 Å². The third-order valence-corrected chi connectivity index (χ3v) is 4.37. The largest absolute Gasteiger partial charge is 0.376 e.